The Labute approximate surface area is 432 Å². The van der Waals surface area contributed by atoms with Crippen molar-refractivity contribution in [2.75, 3.05) is 16.5 Å². The lowest BCUT2D eigenvalue weighted by Crippen LogP contribution is -2.28. The number of hydrogen-bond acceptors (Lipinski definition) is 4. The Morgan fingerprint density at radius 3 is 1.79 bits per heavy atom. The van der Waals surface area contributed by atoms with Crippen LogP contribution in [0, 0.1) is 13.8 Å². The summed E-state index contributed by atoms with van der Waals surface area (Å²) in [6.07, 6.45) is 4.08. The molecule has 5 nitrogen and oxygen atoms in total. The number of fused-ring (bicyclic) bond motifs is 3. The summed E-state index contributed by atoms with van der Waals surface area (Å²) in [4.78, 5) is 9.79. The van der Waals surface area contributed by atoms with E-state index in [9.17, 15) is 0 Å². The largest absolute Gasteiger partial charge is 0.457 e. The highest BCUT2D eigenvalue weighted by Gasteiger charge is 2.30. The van der Waals surface area contributed by atoms with Crippen LogP contribution in [0.25, 0.3) is 44.4 Å². The van der Waals surface area contributed by atoms with E-state index in [-0.39, 0.29) is 16.2 Å². The van der Waals surface area contributed by atoms with Crippen molar-refractivity contribution >= 4 is 38.9 Å². The third-order valence-electron chi connectivity index (χ3n) is 14.7. The van der Waals surface area contributed by atoms with Crippen LogP contribution in [0.5, 0.6) is 11.5 Å². The summed E-state index contributed by atoms with van der Waals surface area (Å²) in [6.45, 7) is 25.1. The van der Waals surface area contributed by atoms with Gasteiger partial charge in [-0.2, -0.15) is 0 Å². The molecule has 0 unspecified atom stereocenters. The van der Waals surface area contributed by atoms with Gasteiger partial charge >= 0.3 is 0 Å². The van der Waals surface area contributed by atoms with Crippen LogP contribution in [0.4, 0.5) is 11.4 Å². The topological polar surface area (TPSA) is 33.5 Å². The highest BCUT2D eigenvalue weighted by Crippen LogP contribution is 2.43. The molecular weight excluding hydrogens is 877 g/mol. The Hall–Kier alpha value is -7.37. The number of ether oxygens (including phenoxy) is 1. The molecule has 364 valence electrons. The summed E-state index contributed by atoms with van der Waals surface area (Å²) in [5.41, 5.74) is 14.3. The first-order chi connectivity index (χ1) is 35.3. The normalized spacial score (nSPS) is 14.4. The van der Waals surface area contributed by atoms with E-state index in [4.69, 9.17) is 13.8 Å². The molecule has 0 bridgehead atoms. The summed E-state index contributed by atoms with van der Waals surface area (Å²) in [5, 5.41) is 2.14. The maximum Gasteiger partial charge on any atom is 0.138 e. The van der Waals surface area contributed by atoms with Gasteiger partial charge in [-0.25, -0.2) is 4.98 Å². The monoisotopic (exact) mass is 950 g/mol. The van der Waals surface area contributed by atoms with Gasteiger partial charge in [0.2, 0.25) is 0 Å². The molecule has 0 spiro atoms. The summed E-state index contributed by atoms with van der Waals surface area (Å²) in [7, 11) is 0. The van der Waals surface area contributed by atoms with E-state index in [1.165, 1.54) is 16.8 Å². The number of pyridine rings is 1. The lowest BCUT2D eigenvalue weighted by atomic mass is 9.76. The molecule has 0 radical (unpaired) electrons. The van der Waals surface area contributed by atoms with Crippen LogP contribution in [0.1, 0.15) is 125 Å². The molecule has 7 aromatic carbocycles. The van der Waals surface area contributed by atoms with Crippen molar-refractivity contribution in [1.82, 2.24) is 9.55 Å². The maximum atomic E-state index is 8.83. The molecule has 0 fully saturated rings. The highest BCUT2D eigenvalue weighted by molar-refractivity contribution is 6.09. The fourth-order valence-electron chi connectivity index (χ4n) is 10.2. The smallest absolute Gasteiger partial charge is 0.138 e. The molecule has 9 aromatic rings. The molecule has 10 rings (SSSR count). The van der Waals surface area contributed by atoms with Gasteiger partial charge in [0, 0.05) is 56.2 Å². The second-order valence-corrected chi connectivity index (χ2v) is 23.4. The Balaban J connectivity index is 1.05. The van der Waals surface area contributed by atoms with E-state index in [1.54, 1.807) is 6.20 Å². The van der Waals surface area contributed by atoms with Crippen LogP contribution < -0.4 is 14.5 Å². The minimum absolute atomic E-state index is 0.0321. The summed E-state index contributed by atoms with van der Waals surface area (Å²) >= 11 is 0. The second-order valence-electron chi connectivity index (χ2n) is 23.4. The summed E-state index contributed by atoms with van der Waals surface area (Å²) in [5.74, 6) is 2.11. The molecule has 0 saturated carbocycles. The van der Waals surface area contributed by atoms with Gasteiger partial charge in [-0.1, -0.05) is 173 Å². The first kappa shape index (κ1) is 44.6. The standard InChI is InChI=1S/C67H70N4O/c1-44-32-52(67(12,13)48-24-18-15-19-25-48)33-45(2)63(44)47-30-31-68-62(34-47)71-59-27-21-20-26-57(59)58-29-28-55(41-60(58)71)72-56-39-51(66(9,10)11)36-53(40-56)69-42-61(46-22-16-14-17-23-46)70(43-69)54-37-49(64(3,4)5)35-50(38-54)65(6,7)8/h14-42H,43H2,1-13H3/i1D3. The van der Waals surface area contributed by atoms with Gasteiger partial charge in [-0.15, -0.1) is 0 Å². The number of rotatable bonds is 9. The van der Waals surface area contributed by atoms with Crippen molar-refractivity contribution in [2.24, 2.45) is 0 Å². The lowest BCUT2D eigenvalue weighted by Gasteiger charge is -2.31. The Morgan fingerprint density at radius 1 is 0.500 bits per heavy atom. The van der Waals surface area contributed by atoms with Crippen molar-refractivity contribution in [2.45, 2.75) is 112 Å². The van der Waals surface area contributed by atoms with E-state index in [1.807, 2.05) is 49.4 Å². The second kappa shape index (κ2) is 18.0. The zero-order chi connectivity index (χ0) is 53.4. The fourth-order valence-corrected chi connectivity index (χ4v) is 10.2. The lowest BCUT2D eigenvalue weighted by molar-refractivity contribution is 0.479. The number of benzene rings is 7. The SMILES string of the molecule is [2H]C([2H])([2H])c1cc(C(C)(C)c2ccccc2)cc(C)c1-c1ccnc(-n2c3ccccc3c3ccc(Oc4cc(N5C=C(c6ccccc6)N(c6cc(C(C)(C)C)cc(C(C)(C)C)c6)C5)cc(C(C)(C)C)c4)cc32)c1. The maximum absolute atomic E-state index is 8.83. The third-order valence-corrected chi connectivity index (χ3v) is 14.7. The van der Waals surface area contributed by atoms with Gasteiger partial charge < -0.3 is 14.5 Å². The van der Waals surface area contributed by atoms with E-state index in [0.717, 1.165) is 72.3 Å². The molecule has 2 aromatic heterocycles. The van der Waals surface area contributed by atoms with Crippen LogP contribution in [-0.2, 0) is 21.7 Å². The molecule has 3 heterocycles. The van der Waals surface area contributed by atoms with Crippen molar-refractivity contribution in [3.8, 4) is 28.4 Å². The number of para-hydroxylation sites is 1. The number of nitrogens with zero attached hydrogens (tertiary/aromatic N) is 4. The zero-order valence-electron chi connectivity index (χ0n) is 47.1. The molecule has 1 aliphatic heterocycles. The fraction of sp³-hybridized carbons (Fsp3) is 0.269. The summed E-state index contributed by atoms with van der Waals surface area (Å²) < 4.78 is 35.7. The highest BCUT2D eigenvalue weighted by atomic mass is 16.5. The van der Waals surface area contributed by atoms with E-state index < -0.39 is 12.3 Å². The minimum Gasteiger partial charge on any atom is -0.457 e. The van der Waals surface area contributed by atoms with Crippen molar-refractivity contribution in [1.29, 1.82) is 0 Å². The molecule has 1 aliphatic rings. The van der Waals surface area contributed by atoms with Crippen LogP contribution in [0.15, 0.2) is 176 Å². The number of hydrogen-bond donors (Lipinski definition) is 0. The van der Waals surface area contributed by atoms with Crippen LogP contribution >= 0.6 is 0 Å². The average Bonchev–Trinajstić information content (AvgIpc) is 3.97. The van der Waals surface area contributed by atoms with Crippen molar-refractivity contribution < 1.29 is 8.85 Å². The van der Waals surface area contributed by atoms with Gasteiger partial charge in [-0.05, 0) is 140 Å². The van der Waals surface area contributed by atoms with Gasteiger partial charge in [0.1, 0.15) is 17.3 Å². The molecule has 5 heteroatoms. The number of aromatic nitrogens is 2. The number of aryl methyl sites for hydroxylation is 2. The van der Waals surface area contributed by atoms with E-state index in [2.05, 4.69) is 218 Å². The van der Waals surface area contributed by atoms with Crippen LogP contribution in [0.3, 0.4) is 0 Å². The molecule has 0 N–H and O–H groups in total. The summed E-state index contributed by atoms with van der Waals surface area (Å²) in [6, 6.07) is 57.4. The molecule has 0 saturated heterocycles. The average molecular weight is 950 g/mol. The van der Waals surface area contributed by atoms with Gasteiger partial charge in [0.05, 0.1) is 23.4 Å². The van der Waals surface area contributed by atoms with Crippen LogP contribution in [0.2, 0.25) is 0 Å². The van der Waals surface area contributed by atoms with Gasteiger partial charge in [0.25, 0.3) is 0 Å². The minimum atomic E-state index is -2.36. The van der Waals surface area contributed by atoms with Gasteiger partial charge in [-0.3, -0.25) is 4.57 Å². The molecule has 0 aliphatic carbocycles. The molecule has 0 amide bonds. The number of anilines is 2. The Morgan fingerprint density at radius 2 is 1.11 bits per heavy atom. The molecule has 72 heavy (non-hydrogen) atoms. The molecule has 0 atom stereocenters. The Kier molecular flexibility index (Phi) is 11.2. The Bertz CT molecular complexity index is 3610. The van der Waals surface area contributed by atoms with E-state index in [0.29, 0.717) is 29.4 Å². The zero-order valence-corrected chi connectivity index (χ0v) is 44.1. The molecular formula is C67H70N4O. The predicted molar refractivity (Wildman–Crippen MR) is 305 cm³/mol. The van der Waals surface area contributed by atoms with Gasteiger partial charge in [0.15, 0.2) is 0 Å². The van der Waals surface area contributed by atoms with Crippen LogP contribution in [-0.4, -0.2) is 16.2 Å². The first-order valence-corrected chi connectivity index (χ1v) is 25.4. The van der Waals surface area contributed by atoms with Crippen molar-refractivity contribution in [3.05, 3.63) is 221 Å². The van der Waals surface area contributed by atoms with E-state index >= 15 is 0 Å². The van der Waals surface area contributed by atoms with Crippen molar-refractivity contribution in [3.63, 3.8) is 0 Å². The first-order valence-electron chi connectivity index (χ1n) is 26.9. The predicted octanol–water partition coefficient (Wildman–Crippen LogP) is 17.8. The third kappa shape index (κ3) is 9.22. The quantitative estimate of drug-likeness (QED) is 0.144.